The van der Waals surface area contributed by atoms with E-state index in [1.807, 2.05) is 31.2 Å². The molecule has 0 aliphatic heterocycles. The highest BCUT2D eigenvalue weighted by atomic mass is 35.5. The van der Waals surface area contributed by atoms with Crippen molar-refractivity contribution in [1.29, 1.82) is 0 Å². The molecule has 0 aromatic heterocycles. The zero-order chi connectivity index (χ0) is 19.6. The number of rotatable bonds is 7. The molecule has 2 rings (SSSR count). The van der Waals surface area contributed by atoms with Crippen LogP contribution in [0.2, 0.25) is 5.02 Å². The van der Waals surface area contributed by atoms with Crippen LogP contribution in [0.15, 0.2) is 42.5 Å². The third-order valence-corrected chi connectivity index (χ3v) is 4.78. The number of thiocarbonyl (C=S) groups is 1. The zero-order valence-corrected chi connectivity index (χ0v) is 16.9. The van der Waals surface area contributed by atoms with E-state index in [0.717, 1.165) is 17.0 Å². The molecular formula is C18H19ClFN3O2S2. The Hall–Kier alpha value is -2.03. The molecule has 0 saturated carbocycles. The number of benzene rings is 2. The maximum atomic E-state index is 13.0. The van der Waals surface area contributed by atoms with E-state index >= 15 is 0 Å². The summed E-state index contributed by atoms with van der Waals surface area (Å²) in [6, 6.07) is 11.5. The first-order chi connectivity index (χ1) is 13.0. The largest absolute Gasteiger partial charge is 0.494 e. The van der Waals surface area contributed by atoms with E-state index in [-0.39, 0.29) is 22.6 Å². The van der Waals surface area contributed by atoms with Crippen molar-refractivity contribution in [3.8, 4) is 5.75 Å². The number of nitrogens with one attached hydrogen (secondary N) is 3. The van der Waals surface area contributed by atoms with Crippen molar-refractivity contribution >= 4 is 52.3 Å². The second kappa shape index (κ2) is 11.0. The maximum Gasteiger partial charge on any atom is 0.248 e. The molecule has 5 nitrogen and oxygen atoms in total. The molecule has 9 heteroatoms. The lowest BCUT2D eigenvalue weighted by molar-refractivity contribution is -0.119. The summed E-state index contributed by atoms with van der Waals surface area (Å²) in [6.45, 7) is 2.52. The van der Waals surface area contributed by atoms with Gasteiger partial charge in [0.25, 0.3) is 0 Å². The molecule has 144 valence electrons. The number of ether oxygens (including phenoxy) is 1. The fourth-order valence-electron chi connectivity index (χ4n) is 2.02. The van der Waals surface area contributed by atoms with E-state index in [1.54, 1.807) is 6.07 Å². The number of hydrogen-bond donors (Lipinski definition) is 3. The first-order valence-electron chi connectivity index (χ1n) is 8.08. The maximum absolute atomic E-state index is 13.0. The van der Waals surface area contributed by atoms with Gasteiger partial charge in [-0.3, -0.25) is 15.6 Å². The van der Waals surface area contributed by atoms with E-state index in [1.165, 1.54) is 23.9 Å². The van der Waals surface area contributed by atoms with Crippen molar-refractivity contribution in [3.05, 3.63) is 58.9 Å². The highest BCUT2D eigenvalue weighted by molar-refractivity contribution is 7.99. The summed E-state index contributed by atoms with van der Waals surface area (Å²) in [5, 5.41) is 3.56. The monoisotopic (exact) mass is 427 g/mol. The molecule has 0 atom stereocenters. The Morgan fingerprint density at radius 2 is 1.96 bits per heavy atom. The number of anilines is 1. The lowest BCUT2D eigenvalue weighted by Crippen LogP contribution is -2.44. The summed E-state index contributed by atoms with van der Waals surface area (Å²) in [7, 11) is 0. The molecule has 3 N–H and O–H groups in total. The Bertz CT molecular complexity index is 791. The highest BCUT2D eigenvalue weighted by Crippen LogP contribution is 2.22. The smallest absolute Gasteiger partial charge is 0.248 e. The number of carbonyl (C=O) groups is 1. The van der Waals surface area contributed by atoms with Crippen LogP contribution in [0.25, 0.3) is 0 Å². The van der Waals surface area contributed by atoms with Crippen LogP contribution in [0.3, 0.4) is 0 Å². The highest BCUT2D eigenvalue weighted by Gasteiger charge is 2.06. The molecule has 0 radical (unpaired) electrons. The molecule has 0 heterocycles. The van der Waals surface area contributed by atoms with E-state index in [9.17, 15) is 9.18 Å². The average Bonchev–Trinajstić information content (AvgIpc) is 2.64. The van der Waals surface area contributed by atoms with Gasteiger partial charge in [0, 0.05) is 16.5 Å². The minimum atomic E-state index is -0.385. The number of thioether (sulfide) groups is 1. The van der Waals surface area contributed by atoms with Gasteiger partial charge in [-0.25, -0.2) is 4.39 Å². The molecule has 1 amide bonds. The molecule has 0 fully saturated rings. The molecule has 0 aliphatic carbocycles. The normalized spacial score (nSPS) is 10.2. The summed E-state index contributed by atoms with van der Waals surface area (Å²) in [5.74, 6) is 0.847. The van der Waals surface area contributed by atoms with Gasteiger partial charge in [-0.2, -0.15) is 0 Å². The second-order valence-electron chi connectivity index (χ2n) is 5.31. The summed E-state index contributed by atoms with van der Waals surface area (Å²) < 4.78 is 18.4. The number of hydrazine groups is 1. The minimum absolute atomic E-state index is 0.201. The fourth-order valence-corrected chi connectivity index (χ4v) is 3.33. The number of halogens is 2. The predicted molar refractivity (Wildman–Crippen MR) is 113 cm³/mol. The summed E-state index contributed by atoms with van der Waals surface area (Å²) in [5.41, 5.74) is 6.70. The molecule has 0 spiro atoms. The Balaban J connectivity index is 1.67. The van der Waals surface area contributed by atoms with Gasteiger partial charge >= 0.3 is 0 Å². The summed E-state index contributed by atoms with van der Waals surface area (Å²) in [6.07, 6.45) is 0. The van der Waals surface area contributed by atoms with Gasteiger partial charge in [-0.15, -0.1) is 11.8 Å². The van der Waals surface area contributed by atoms with Gasteiger partial charge < -0.3 is 10.1 Å². The standard InChI is InChI=1S/C18H19ClFN3O2S2/c1-2-25-15-7-5-14(6-8-15)21-18(26)23-22-17(24)11-27-10-12-3-4-13(20)9-16(12)19/h3-9H,2,10-11H2,1H3,(H,22,24)(H2,21,23,26). The van der Waals surface area contributed by atoms with Crippen molar-refractivity contribution < 1.29 is 13.9 Å². The van der Waals surface area contributed by atoms with Crippen LogP contribution >= 0.6 is 35.6 Å². The van der Waals surface area contributed by atoms with Crippen molar-refractivity contribution in [3.63, 3.8) is 0 Å². The molecule has 0 saturated heterocycles. The third kappa shape index (κ3) is 7.62. The zero-order valence-electron chi connectivity index (χ0n) is 14.6. The van der Waals surface area contributed by atoms with Crippen molar-refractivity contribution in [1.82, 2.24) is 10.9 Å². The second-order valence-corrected chi connectivity index (χ2v) is 7.11. The Morgan fingerprint density at radius 1 is 1.22 bits per heavy atom. The van der Waals surface area contributed by atoms with Crippen LogP contribution < -0.4 is 20.9 Å². The van der Waals surface area contributed by atoms with Gasteiger partial charge in [0.2, 0.25) is 5.91 Å². The van der Waals surface area contributed by atoms with Crippen LogP contribution in [0, 0.1) is 5.82 Å². The van der Waals surface area contributed by atoms with E-state index in [4.69, 9.17) is 28.6 Å². The Kier molecular flexibility index (Phi) is 8.63. The topological polar surface area (TPSA) is 62.4 Å². The Labute approximate surface area is 172 Å². The lowest BCUT2D eigenvalue weighted by atomic mass is 10.2. The van der Waals surface area contributed by atoms with Crippen molar-refractivity contribution in [2.24, 2.45) is 0 Å². The van der Waals surface area contributed by atoms with Crippen molar-refractivity contribution in [2.45, 2.75) is 12.7 Å². The lowest BCUT2D eigenvalue weighted by Gasteiger charge is -2.12. The first-order valence-corrected chi connectivity index (χ1v) is 10.0. The van der Waals surface area contributed by atoms with Crippen LogP contribution in [0.1, 0.15) is 12.5 Å². The number of amides is 1. The van der Waals surface area contributed by atoms with Crippen molar-refractivity contribution in [2.75, 3.05) is 17.7 Å². The SMILES string of the molecule is CCOc1ccc(NC(=S)NNC(=O)CSCc2ccc(F)cc2Cl)cc1. The van der Waals surface area contributed by atoms with Crippen LogP contribution in [0.5, 0.6) is 5.75 Å². The van der Waals surface area contributed by atoms with Gasteiger partial charge in [-0.1, -0.05) is 17.7 Å². The van der Waals surface area contributed by atoms with Crippen LogP contribution in [0.4, 0.5) is 10.1 Å². The van der Waals surface area contributed by atoms with Crippen LogP contribution in [-0.2, 0) is 10.5 Å². The first kappa shape index (κ1) is 21.3. The predicted octanol–water partition coefficient (Wildman–Crippen LogP) is 4.13. The molecule has 0 aliphatic rings. The van der Waals surface area contributed by atoms with Gasteiger partial charge in [0.1, 0.15) is 11.6 Å². The Morgan fingerprint density at radius 3 is 2.63 bits per heavy atom. The van der Waals surface area contributed by atoms with Gasteiger partial charge in [0.15, 0.2) is 5.11 Å². The number of hydrogen-bond acceptors (Lipinski definition) is 4. The summed E-state index contributed by atoms with van der Waals surface area (Å²) >= 11 is 12.4. The summed E-state index contributed by atoms with van der Waals surface area (Å²) in [4.78, 5) is 11.9. The van der Waals surface area contributed by atoms with Gasteiger partial charge in [-0.05, 0) is 61.1 Å². The van der Waals surface area contributed by atoms with E-state index in [2.05, 4.69) is 16.2 Å². The van der Waals surface area contributed by atoms with Crippen LogP contribution in [-0.4, -0.2) is 23.4 Å². The molecule has 0 unspecified atom stereocenters. The molecule has 0 bridgehead atoms. The average molecular weight is 428 g/mol. The quantitative estimate of drug-likeness (QED) is 0.456. The molecule has 2 aromatic rings. The van der Waals surface area contributed by atoms with E-state index in [0.29, 0.717) is 17.4 Å². The third-order valence-electron chi connectivity index (χ3n) is 3.24. The minimum Gasteiger partial charge on any atom is -0.494 e. The molecule has 27 heavy (non-hydrogen) atoms. The van der Waals surface area contributed by atoms with E-state index < -0.39 is 0 Å². The number of carbonyl (C=O) groups excluding carboxylic acids is 1. The van der Waals surface area contributed by atoms with Gasteiger partial charge in [0.05, 0.1) is 12.4 Å². The molecular weight excluding hydrogens is 409 g/mol. The fraction of sp³-hybridized carbons (Fsp3) is 0.222. The molecule has 2 aromatic carbocycles.